The lowest BCUT2D eigenvalue weighted by molar-refractivity contribution is -0.238. The first-order valence-corrected chi connectivity index (χ1v) is 20.9. The van der Waals surface area contributed by atoms with Crippen LogP contribution in [-0.2, 0) is 19.1 Å². The van der Waals surface area contributed by atoms with E-state index in [1.54, 1.807) is 12.1 Å². The number of nitrogens with two attached hydrogens (primary N) is 1. The largest absolute Gasteiger partial charge is 0.481 e. The molecular formula is C45H65N3O7. The van der Waals surface area contributed by atoms with Gasteiger partial charge in [-0.05, 0) is 121 Å². The Morgan fingerprint density at radius 3 is 2.24 bits per heavy atom. The number of carboxylic acids is 1. The third-order valence-electron chi connectivity index (χ3n) is 17.7. The summed E-state index contributed by atoms with van der Waals surface area (Å²) >= 11 is 0. The maximum atomic E-state index is 14.1. The highest BCUT2D eigenvalue weighted by atomic mass is 16.5. The van der Waals surface area contributed by atoms with Gasteiger partial charge in [0.05, 0.1) is 23.5 Å². The average Bonchev–Trinajstić information content (AvgIpc) is 3.41. The number of hydrogen-bond donors (Lipinski definition) is 4. The van der Waals surface area contributed by atoms with Crippen LogP contribution in [0, 0.1) is 68.0 Å². The Balaban J connectivity index is 1.13. The smallest absolute Gasteiger partial charge is 0.309 e. The number of hydrogen-bond acceptors (Lipinski definition) is 8. The number of ketones is 1. The quantitative estimate of drug-likeness (QED) is 0.198. The fraction of sp³-hybridized carbons (Fsp3) is 0.756. The summed E-state index contributed by atoms with van der Waals surface area (Å²) in [5.41, 5.74) is 6.54. The van der Waals surface area contributed by atoms with Crippen molar-refractivity contribution in [2.24, 2.45) is 68.0 Å². The lowest BCUT2D eigenvalue weighted by Crippen LogP contribution is -2.66. The normalized spacial score (nSPS) is 40.5. The second-order valence-electron chi connectivity index (χ2n) is 20.8. The summed E-state index contributed by atoms with van der Waals surface area (Å²) in [4.78, 5) is 56.6. The Morgan fingerprint density at radius 1 is 0.909 bits per heavy atom. The molecule has 10 nitrogen and oxygen atoms in total. The van der Waals surface area contributed by atoms with Gasteiger partial charge in [-0.1, -0.05) is 67.9 Å². The minimum atomic E-state index is -0.906. The molecule has 0 unspecified atom stereocenters. The molecule has 302 valence electrons. The number of Topliss-reactive ketones (excluding diaryl/α,β-unsaturated/α-hetero) is 1. The van der Waals surface area contributed by atoms with Crippen molar-refractivity contribution in [1.82, 2.24) is 10.3 Å². The lowest BCUT2D eigenvalue weighted by atomic mass is 9.33. The zero-order valence-electron chi connectivity index (χ0n) is 34.6. The highest BCUT2D eigenvalue weighted by molar-refractivity contribution is 6.01. The number of rotatable bonds is 8. The summed E-state index contributed by atoms with van der Waals surface area (Å²) < 4.78 is 6.40. The van der Waals surface area contributed by atoms with E-state index in [1.807, 2.05) is 13.8 Å². The molecule has 6 aliphatic rings. The van der Waals surface area contributed by atoms with Gasteiger partial charge in [-0.25, -0.2) is 4.98 Å². The summed E-state index contributed by atoms with van der Waals surface area (Å²) in [6.45, 7) is 20.1. The SMILES string of the molecule is CC(C)C1=C2[C@H]3CC[C@@H]4[C@@]5(C)CC[C@H](OC(=O)[C@H]6C[C@@H](C(=O)O)C6(C)C)C(C)(C)[C@@H]5CC[C@@]4(C)[C@]3(C)CC[C@@]2([C@@H](O)CNC(=O)c2ccc(N)nc2)CC1=O. The van der Waals surface area contributed by atoms with Crippen LogP contribution in [0.15, 0.2) is 29.5 Å². The number of carbonyl (C=O) groups excluding carboxylic acids is 3. The summed E-state index contributed by atoms with van der Waals surface area (Å²) in [7, 11) is 0. The monoisotopic (exact) mass is 759 g/mol. The van der Waals surface area contributed by atoms with Gasteiger partial charge in [0, 0.05) is 30.0 Å². The number of allylic oxidation sites excluding steroid dienone is 1. The number of pyridine rings is 1. The number of aliphatic hydroxyl groups excluding tert-OH is 1. The van der Waals surface area contributed by atoms with Crippen LogP contribution in [0.1, 0.15) is 137 Å². The van der Waals surface area contributed by atoms with Gasteiger partial charge in [-0.3, -0.25) is 19.2 Å². The zero-order valence-corrected chi connectivity index (χ0v) is 34.6. The van der Waals surface area contributed by atoms with Crippen LogP contribution in [0.2, 0.25) is 0 Å². The predicted molar refractivity (Wildman–Crippen MR) is 209 cm³/mol. The van der Waals surface area contributed by atoms with Crippen molar-refractivity contribution in [3.8, 4) is 0 Å². The Morgan fingerprint density at radius 2 is 1.62 bits per heavy atom. The fourth-order valence-corrected chi connectivity index (χ4v) is 14.3. The molecule has 0 spiro atoms. The summed E-state index contributed by atoms with van der Waals surface area (Å²) in [5, 5.41) is 24.7. The minimum absolute atomic E-state index is 0.00321. The van der Waals surface area contributed by atoms with Crippen molar-refractivity contribution in [2.75, 3.05) is 12.3 Å². The molecule has 1 aromatic rings. The van der Waals surface area contributed by atoms with E-state index in [2.05, 4.69) is 58.8 Å². The zero-order chi connectivity index (χ0) is 40.3. The van der Waals surface area contributed by atoms with Crippen molar-refractivity contribution in [3.05, 3.63) is 35.0 Å². The third kappa shape index (κ3) is 5.67. The molecule has 5 N–H and O–H groups in total. The summed E-state index contributed by atoms with van der Waals surface area (Å²) in [5.74, 6) is -0.872. The number of nitrogen functional groups attached to an aromatic ring is 1. The number of amides is 1. The molecule has 1 aromatic heterocycles. The second kappa shape index (κ2) is 13.1. The Hall–Kier alpha value is -3.27. The molecule has 5 fully saturated rings. The van der Waals surface area contributed by atoms with Crippen molar-refractivity contribution in [3.63, 3.8) is 0 Å². The lowest BCUT2D eigenvalue weighted by Gasteiger charge is -2.72. The first kappa shape index (κ1) is 39.9. The highest BCUT2D eigenvalue weighted by Crippen LogP contribution is 2.77. The number of esters is 1. The highest BCUT2D eigenvalue weighted by Gasteiger charge is 2.71. The van der Waals surface area contributed by atoms with Crippen molar-refractivity contribution < 1.29 is 34.1 Å². The van der Waals surface area contributed by atoms with Crippen LogP contribution in [0.5, 0.6) is 0 Å². The first-order chi connectivity index (χ1) is 25.6. The van der Waals surface area contributed by atoms with Gasteiger partial charge in [0.1, 0.15) is 11.9 Å². The number of carbonyl (C=O) groups is 4. The van der Waals surface area contributed by atoms with E-state index in [0.29, 0.717) is 36.1 Å². The van der Waals surface area contributed by atoms with E-state index in [1.165, 1.54) is 11.8 Å². The van der Waals surface area contributed by atoms with Crippen LogP contribution >= 0.6 is 0 Å². The molecule has 7 rings (SSSR count). The number of carboxylic acid groups (broad SMARTS) is 1. The van der Waals surface area contributed by atoms with Crippen molar-refractivity contribution in [2.45, 2.75) is 139 Å². The van der Waals surface area contributed by atoms with Gasteiger partial charge in [0.2, 0.25) is 0 Å². The Kier molecular flexibility index (Phi) is 9.54. The number of nitrogens with zero attached hydrogens (tertiary/aromatic N) is 1. The topological polar surface area (TPSA) is 169 Å². The van der Waals surface area contributed by atoms with E-state index in [-0.39, 0.29) is 70.2 Å². The van der Waals surface area contributed by atoms with E-state index in [9.17, 15) is 29.4 Å². The van der Waals surface area contributed by atoms with Crippen LogP contribution in [0.4, 0.5) is 5.82 Å². The predicted octanol–water partition coefficient (Wildman–Crippen LogP) is 7.39. The molecule has 1 heterocycles. The third-order valence-corrected chi connectivity index (χ3v) is 17.7. The van der Waals surface area contributed by atoms with Gasteiger partial charge in [-0.2, -0.15) is 0 Å². The van der Waals surface area contributed by atoms with E-state index in [0.717, 1.165) is 50.5 Å². The molecule has 0 aliphatic heterocycles. The molecule has 1 amide bonds. The number of aromatic nitrogens is 1. The number of fused-ring (bicyclic) bond motifs is 7. The number of anilines is 1. The Bertz CT molecular complexity index is 1800. The van der Waals surface area contributed by atoms with Gasteiger partial charge >= 0.3 is 11.9 Å². The number of nitrogens with one attached hydrogen (secondary N) is 1. The Labute approximate surface area is 327 Å². The van der Waals surface area contributed by atoms with Crippen molar-refractivity contribution in [1.29, 1.82) is 0 Å². The molecule has 0 saturated heterocycles. The van der Waals surface area contributed by atoms with Crippen LogP contribution < -0.4 is 11.1 Å². The molecule has 5 saturated carbocycles. The molecule has 0 aromatic carbocycles. The molecule has 10 heteroatoms. The average molecular weight is 760 g/mol. The molecular weight excluding hydrogens is 695 g/mol. The fourth-order valence-electron chi connectivity index (χ4n) is 14.3. The number of ether oxygens (including phenoxy) is 1. The molecule has 55 heavy (non-hydrogen) atoms. The van der Waals surface area contributed by atoms with Crippen LogP contribution in [0.25, 0.3) is 0 Å². The summed E-state index contributed by atoms with van der Waals surface area (Å²) in [6.07, 6.45) is 8.35. The van der Waals surface area contributed by atoms with Crippen molar-refractivity contribution >= 4 is 29.4 Å². The van der Waals surface area contributed by atoms with Crippen LogP contribution in [0.3, 0.4) is 0 Å². The van der Waals surface area contributed by atoms with E-state index in [4.69, 9.17) is 10.5 Å². The van der Waals surface area contributed by atoms with Gasteiger partial charge < -0.3 is 26.0 Å². The molecule has 11 atom stereocenters. The van der Waals surface area contributed by atoms with Gasteiger partial charge in [0.15, 0.2) is 5.78 Å². The number of aliphatic carboxylic acids is 1. The van der Waals surface area contributed by atoms with E-state index >= 15 is 0 Å². The maximum absolute atomic E-state index is 14.1. The summed E-state index contributed by atoms with van der Waals surface area (Å²) in [6, 6.07) is 3.21. The minimum Gasteiger partial charge on any atom is -0.481 e. The molecule has 0 bridgehead atoms. The second-order valence-corrected chi connectivity index (χ2v) is 20.8. The number of aliphatic hydroxyl groups is 1. The van der Waals surface area contributed by atoms with Gasteiger partial charge in [0.25, 0.3) is 5.91 Å². The first-order valence-electron chi connectivity index (χ1n) is 20.9. The standard InChI is InChI=1S/C45H65N3O7/c1-24(2)35-29(49)21-45(32(50)23-48-37(51)25-10-13-34(46)47-22-25)19-18-43(8)26(36(35)45)11-12-31-42(7)16-15-33(41(5,6)30(42)14-17-44(31,43)9)55-39(54)28-20-27(38(52)53)40(28,3)4/h10,13,22,24,26-28,30-33,50H,11-12,14-21,23H2,1-9H3,(H2,46,47)(H,48,51)(H,52,53)/t26-,27+,28-,30+,31-,32+,33+,42+,43-,44-,45+/m1/s1. The van der Waals surface area contributed by atoms with Gasteiger partial charge in [-0.15, -0.1) is 0 Å². The van der Waals surface area contributed by atoms with E-state index < -0.39 is 34.7 Å². The maximum Gasteiger partial charge on any atom is 0.309 e. The molecule has 6 aliphatic carbocycles. The van der Waals surface area contributed by atoms with Crippen LogP contribution in [-0.4, -0.2) is 57.6 Å². The molecule has 0 radical (unpaired) electrons.